The molecule has 0 radical (unpaired) electrons. The Morgan fingerprint density at radius 3 is 3.00 bits per heavy atom. The summed E-state index contributed by atoms with van der Waals surface area (Å²) in [6.45, 7) is 0.363. The van der Waals surface area contributed by atoms with E-state index in [1.165, 1.54) is 11.2 Å². The van der Waals surface area contributed by atoms with Gasteiger partial charge in [-0.15, -0.1) is 0 Å². The third-order valence-electron chi connectivity index (χ3n) is 2.16. The molecule has 0 aliphatic heterocycles. The normalized spacial score (nSPS) is 10.2. The molecule has 7 heteroatoms. The third kappa shape index (κ3) is 2.68. The Morgan fingerprint density at radius 1 is 1.53 bits per heavy atom. The summed E-state index contributed by atoms with van der Waals surface area (Å²) in [7, 11) is 1.69. The van der Waals surface area contributed by atoms with Crippen molar-refractivity contribution in [2.45, 2.75) is 6.54 Å². The molecule has 0 saturated heterocycles. The summed E-state index contributed by atoms with van der Waals surface area (Å²) in [5.74, 6) is 0.460. The number of pyridine rings is 1. The highest BCUT2D eigenvalue weighted by Gasteiger charge is 2.16. The van der Waals surface area contributed by atoms with Gasteiger partial charge in [0.1, 0.15) is 17.8 Å². The van der Waals surface area contributed by atoms with Crippen molar-refractivity contribution < 1.29 is 4.79 Å². The van der Waals surface area contributed by atoms with E-state index in [2.05, 4.69) is 36.1 Å². The van der Waals surface area contributed by atoms with Gasteiger partial charge in [0.05, 0.1) is 6.54 Å². The number of aromatic amines is 1. The van der Waals surface area contributed by atoms with Crippen LogP contribution < -0.4 is 0 Å². The van der Waals surface area contributed by atoms with Gasteiger partial charge >= 0.3 is 0 Å². The maximum atomic E-state index is 12.1. The highest BCUT2D eigenvalue weighted by atomic mass is 79.9. The quantitative estimate of drug-likeness (QED) is 0.924. The molecule has 0 saturated carbocycles. The van der Waals surface area contributed by atoms with Crippen LogP contribution in [0.5, 0.6) is 0 Å². The number of nitrogens with one attached hydrogen (secondary N) is 1. The van der Waals surface area contributed by atoms with Gasteiger partial charge in [-0.1, -0.05) is 0 Å². The smallest absolute Gasteiger partial charge is 0.273 e. The maximum absolute atomic E-state index is 12.1. The van der Waals surface area contributed by atoms with Crippen LogP contribution in [0.4, 0.5) is 0 Å². The Morgan fingerprint density at radius 2 is 2.35 bits per heavy atom. The van der Waals surface area contributed by atoms with Crippen molar-refractivity contribution in [1.82, 2.24) is 25.1 Å². The Balaban J connectivity index is 2.13. The third-order valence-corrected chi connectivity index (χ3v) is 2.80. The minimum absolute atomic E-state index is 0.172. The predicted molar refractivity (Wildman–Crippen MR) is 64.1 cm³/mol. The molecule has 2 rings (SSSR count). The van der Waals surface area contributed by atoms with E-state index in [0.29, 0.717) is 22.5 Å². The van der Waals surface area contributed by atoms with E-state index >= 15 is 0 Å². The van der Waals surface area contributed by atoms with Crippen LogP contribution in [0.3, 0.4) is 0 Å². The van der Waals surface area contributed by atoms with Crippen LogP contribution in [0.25, 0.3) is 0 Å². The molecule has 0 fully saturated rings. The van der Waals surface area contributed by atoms with E-state index < -0.39 is 0 Å². The molecule has 17 heavy (non-hydrogen) atoms. The van der Waals surface area contributed by atoms with Crippen LogP contribution in [0, 0.1) is 0 Å². The number of H-pyrrole nitrogens is 1. The van der Waals surface area contributed by atoms with Gasteiger partial charge in [-0.3, -0.25) is 9.89 Å². The maximum Gasteiger partial charge on any atom is 0.273 e. The van der Waals surface area contributed by atoms with Gasteiger partial charge in [-0.2, -0.15) is 5.10 Å². The molecule has 88 valence electrons. The monoisotopic (exact) mass is 295 g/mol. The molecule has 0 aliphatic carbocycles. The molecule has 0 spiro atoms. The van der Waals surface area contributed by atoms with E-state index in [4.69, 9.17) is 0 Å². The second-order valence-electron chi connectivity index (χ2n) is 3.43. The molecule has 0 unspecified atom stereocenters. The number of aromatic nitrogens is 4. The lowest BCUT2D eigenvalue weighted by Crippen LogP contribution is -2.27. The lowest BCUT2D eigenvalue weighted by atomic mass is 10.3. The first-order valence-electron chi connectivity index (χ1n) is 4.88. The zero-order valence-electron chi connectivity index (χ0n) is 9.09. The first-order valence-corrected chi connectivity index (χ1v) is 5.68. The topological polar surface area (TPSA) is 74.8 Å². The van der Waals surface area contributed by atoms with Crippen molar-refractivity contribution in [3.63, 3.8) is 0 Å². The van der Waals surface area contributed by atoms with Crippen LogP contribution >= 0.6 is 15.9 Å². The Hall–Kier alpha value is -1.76. The van der Waals surface area contributed by atoms with Crippen molar-refractivity contribution in [2.75, 3.05) is 7.05 Å². The molecule has 0 bridgehead atoms. The number of carbonyl (C=O) groups is 1. The van der Waals surface area contributed by atoms with Crippen molar-refractivity contribution in [1.29, 1.82) is 0 Å². The summed E-state index contributed by atoms with van der Waals surface area (Å²) in [6, 6.07) is 3.54. The minimum Gasteiger partial charge on any atom is -0.333 e. The van der Waals surface area contributed by atoms with Gasteiger partial charge in [0.15, 0.2) is 0 Å². The van der Waals surface area contributed by atoms with Gasteiger partial charge < -0.3 is 4.90 Å². The van der Waals surface area contributed by atoms with Crippen molar-refractivity contribution in [3.8, 4) is 0 Å². The van der Waals surface area contributed by atoms with Crippen LogP contribution in [0.15, 0.2) is 29.1 Å². The minimum atomic E-state index is -0.172. The van der Waals surface area contributed by atoms with E-state index in [1.807, 2.05) is 0 Å². The number of halogens is 1. The summed E-state index contributed by atoms with van der Waals surface area (Å²) in [4.78, 5) is 21.6. The summed E-state index contributed by atoms with van der Waals surface area (Å²) in [6.07, 6.45) is 2.99. The van der Waals surface area contributed by atoms with Crippen LogP contribution in [0.2, 0.25) is 0 Å². The summed E-state index contributed by atoms with van der Waals surface area (Å²) in [5.41, 5.74) is 0.384. The van der Waals surface area contributed by atoms with Gasteiger partial charge in [-0.25, -0.2) is 9.97 Å². The lowest BCUT2D eigenvalue weighted by Gasteiger charge is -2.15. The Bertz CT molecular complexity index is 513. The van der Waals surface area contributed by atoms with E-state index in [1.54, 1.807) is 25.4 Å². The number of hydrogen-bond donors (Lipinski definition) is 1. The fourth-order valence-electron chi connectivity index (χ4n) is 1.33. The molecule has 2 aromatic heterocycles. The van der Waals surface area contributed by atoms with Crippen molar-refractivity contribution in [3.05, 3.63) is 40.6 Å². The zero-order valence-corrected chi connectivity index (χ0v) is 10.7. The van der Waals surface area contributed by atoms with Crippen LogP contribution in [-0.2, 0) is 6.54 Å². The molecule has 0 aliphatic rings. The van der Waals surface area contributed by atoms with Gasteiger partial charge in [0.25, 0.3) is 5.91 Å². The summed E-state index contributed by atoms with van der Waals surface area (Å²) >= 11 is 3.30. The SMILES string of the molecule is CN(Cc1ncn[nH]1)C(=O)c1ncccc1Br. The number of nitrogens with zero attached hydrogens (tertiary/aromatic N) is 4. The summed E-state index contributed by atoms with van der Waals surface area (Å²) in [5, 5.41) is 6.43. The average Bonchev–Trinajstić information content (AvgIpc) is 2.81. The number of rotatable bonds is 3. The summed E-state index contributed by atoms with van der Waals surface area (Å²) < 4.78 is 0.675. The van der Waals surface area contributed by atoms with Crippen LogP contribution in [0.1, 0.15) is 16.3 Å². The molecular formula is C10H10BrN5O. The molecule has 0 aromatic carbocycles. The van der Waals surface area contributed by atoms with Crippen molar-refractivity contribution >= 4 is 21.8 Å². The molecule has 1 amide bonds. The standard InChI is InChI=1S/C10H10BrN5O/c1-16(5-8-13-6-14-15-8)10(17)9-7(11)3-2-4-12-9/h2-4,6H,5H2,1H3,(H,13,14,15). The molecule has 2 heterocycles. The Kier molecular flexibility index (Phi) is 3.48. The van der Waals surface area contributed by atoms with E-state index in [-0.39, 0.29) is 5.91 Å². The zero-order chi connectivity index (χ0) is 12.3. The Labute approximate surface area is 106 Å². The molecule has 0 atom stereocenters. The van der Waals surface area contributed by atoms with Gasteiger partial charge in [0, 0.05) is 17.7 Å². The number of amides is 1. The second kappa shape index (κ2) is 5.05. The first kappa shape index (κ1) is 11.7. The number of hydrogen-bond acceptors (Lipinski definition) is 4. The van der Waals surface area contributed by atoms with E-state index in [0.717, 1.165) is 0 Å². The average molecular weight is 296 g/mol. The predicted octanol–water partition coefficient (Wildman–Crippen LogP) is 1.23. The fourth-order valence-corrected chi connectivity index (χ4v) is 1.75. The molecule has 2 aromatic rings. The van der Waals surface area contributed by atoms with Crippen molar-refractivity contribution in [2.24, 2.45) is 0 Å². The van der Waals surface area contributed by atoms with Gasteiger partial charge in [-0.05, 0) is 28.1 Å². The fraction of sp³-hybridized carbons (Fsp3) is 0.200. The highest BCUT2D eigenvalue weighted by Crippen LogP contribution is 2.15. The highest BCUT2D eigenvalue weighted by molar-refractivity contribution is 9.10. The van der Waals surface area contributed by atoms with E-state index in [9.17, 15) is 4.79 Å². The molecular weight excluding hydrogens is 286 g/mol. The van der Waals surface area contributed by atoms with Crippen LogP contribution in [-0.4, -0.2) is 38.0 Å². The first-order chi connectivity index (χ1) is 8.18. The molecule has 6 nitrogen and oxygen atoms in total. The second-order valence-corrected chi connectivity index (χ2v) is 4.28. The largest absolute Gasteiger partial charge is 0.333 e. The lowest BCUT2D eigenvalue weighted by molar-refractivity contribution is 0.0775. The van der Waals surface area contributed by atoms with Gasteiger partial charge in [0.2, 0.25) is 0 Å². The number of carbonyl (C=O) groups excluding carboxylic acids is 1. The molecule has 1 N–H and O–H groups in total.